The van der Waals surface area contributed by atoms with Crippen LogP contribution in [0.1, 0.15) is 45.6 Å². The predicted molar refractivity (Wildman–Crippen MR) is 121 cm³/mol. The molecule has 4 rings (SSSR count). The summed E-state index contributed by atoms with van der Waals surface area (Å²) in [6.07, 6.45) is -1.32. The fourth-order valence-corrected chi connectivity index (χ4v) is 5.28. The first-order valence-electron chi connectivity index (χ1n) is 11.0. The highest BCUT2D eigenvalue weighted by Crippen LogP contribution is 2.43. The van der Waals surface area contributed by atoms with Gasteiger partial charge in [-0.3, -0.25) is 0 Å². The molecule has 0 spiro atoms. The molecule has 2 aromatic carbocycles. The zero-order valence-electron chi connectivity index (χ0n) is 18.9. The molecular weight excluding hydrogens is 429 g/mol. The molecule has 1 heterocycles. The van der Waals surface area contributed by atoms with Gasteiger partial charge >= 0.3 is 6.36 Å². The second-order valence-electron chi connectivity index (χ2n) is 9.84. The van der Waals surface area contributed by atoms with Gasteiger partial charge in [0.05, 0.1) is 22.7 Å². The second kappa shape index (κ2) is 8.62. The third-order valence-corrected chi connectivity index (χ3v) is 6.14. The average molecular weight is 457 g/mol. The third kappa shape index (κ3) is 5.59. The van der Waals surface area contributed by atoms with Gasteiger partial charge in [-0.15, -0.1) is 13.2 Å². The van der Waals surface area contributed by atoms with Crippen LogP contribution in [0.25, 0.3) is 11.0 Å². The fourth-order valence-electron chi connectivity index (χ4n) is 5.28. The zero-order valence-corrected chi connectivity index (χ0v) is 18.9. The van der Waals surface area contributed by atoms with Gasteiger partial charge in [0.25, 0.3) is 0 Å². The van der Waals surface area contributed by atoms with Gasteiger partial charge in [0.1, 0.15) is 5.75 Å². The highest BCUT2D eigenvalue weighted by atomic mass is 19.4. The van der Waals surface area contributed by atoms with Crippen LogP contribution in [0.4, 0.5) is 24.8 Å². The summed E-state index contributed by atoms with van der Waals surface area (Å²) in [6.45, 7) is 7.65. The van der Waals surface area contributed by atoms with Crippen molar-refractivity contribution in [2.24, 2.45) is 17.3 Å². The molecule has 1 N–H and O–H groups in total. The van der Waals surface area contributed by atoms with E-state index in [1.54, 1.807) is 6.07 Å². The number of anilines is 2. The first-order valence-corrected chi connectivity index (χ1v) is 11.0. The standard InChI is InChI=1S/C25H27F3N4O/c1-16-10-18(13-24(2,3)12-16)15-32-22-11-17(14-29)4-9-21(22)31-23(32)30-19-5-7-20(8-6-19)33-25(26,27)28/h4-9,11,16,18H,10,12-13,15H2,1-3H3,(H,30,31)/t16-,18?/m0/s1. The van der Waals surface area contributed by atoms with E-state index in [9.17, 15) is 18.4 Å². The van der Waals surface area contributed by atoms with Gasteiger partial charge in [-0.1, -0.05) is 20.8 Å². The van der Waals surface area contributed by atoms with Crippen molar-refractivity contribution in [3.8, 4) is 11.8 Å². The predicted octanol–water partition coefficient (Wildman–Crippen LogP) is 7.01. The molecular formula is C25H27F3N4O. The number of alkyl halides is 3. The highest BCUT2D eigenvalue weighted by Gasteiger charge is 2.33. The lowest BCUT2D eigenvalue weighted by Gasteiger charge is -2.39. The van der Waals surface area contributed by atoms with E-state index in [0.29, 0.717) is 29.0 Å². The number of nitrogens with zero attached hydrogens (tertiary/aromatic N) is 3. The maximum Gasteiger partial charge on any atom is 0.573 e. The summed E-state index contributed by atoms with van der Waals surface area (Å²) < 4.78 is 43.4. The Hall–Kier alpha value is -3.21. The normalized spacial score (nSPS) is 20.4. The second-order valence-corrected chi connectivity index (χ2v) is 9.84. The van der Waals surface area contributed by atoms with Crippen LogP contribution in [0.5, 0.6) is 5.75 Å². The maximum absolute atomic E-state index is 12.5. The number of imidazole rings is 1. The van der Waals surface area contributed by atoms with E-state index in [1.165, 1.54) is 30.7 Å². The van der Waals surface area contributed by atoms with Gasteiger partial charge in [0, 0.05) is 12.2 Å². The SMILES string of the molecule is C[C@H]1CC(Cn2c(Nc3ccc(OC(F)(F)F)cc3)nc3ccc(C#N)cc32)CC(C)(C)C1. The van der Waals surface area contributed by atoms with Crippen LogP contribution in [0.15, 0.2) is 42.5 Å². The number of nitriles is 1. The van der Waals surface area contributed by atoms with Crippen molar-refractivity contribution in [2.45, 2.75) is 52.9 Å². The summed E-state index contributed by atoms with van der Waals surface area (Å²) in [5.74, 6) is 1.40. The number of fused-ring (bicyclic) bond motifs is 1. The van der Waals surface area contributed by atoms with Crippen molar-refractivity contribution in [3.63, 3.8) is 0 Å². The van der Waals surface area contributed by atoms with Crippen molar-refractivity contribution < 1.29 is 17.9 Å². The number of benzene rings is 2. The molecule has 33 heavy (non-hydrogen) atoms. The molecule has 1 aliphatic carbocycles. The van der Waals surface area contributed by atoms with E-state index in [1.807, 2.05) is 12.1 Å². The Kier molecular flexibility index (Phi) is 6.00. The quantitative estimate of drug-likeness (QED) is 0.448. The summed E-state index contributed by atoms with van der Waals surface area (Å²) >= 11 is 0. The molecule has 2 atom stereocenters. The molecule has 1 saturated carbocycles. The maximum atomic E-state index is 12.5. The highest BCUT2D eigenvalue weighted by molar-refractivity contribution is 5.81. The molecule has 8 heteroatoms. The van der Waals surface area contributed by atoms with Gasteiger partial charge in [-0.25, -0.2) is 4.98 Å². The number of aromatic nitrogens is 2. The Morgan fingerprint density at radius 1 is 1.18 bits per heavy atom. The van der Waals surface area contributed by atoms with Crippen LogP contribution >= 0.6 is 0 Å². The Morgan fingerprint density at radius 2 is 1.91 bits per heavy atom. The molecule has 174 valence electrons. The van der Waals surface area contributed by atoms with E-state index in [0.717, 1.165) is 30.4 Å². The first kappa shape index (κ1) is 23.0. The lowest BCUT2D eigenvalue weighted by Crippen LogP contribution is -2.30. The van der Waals surface area contributed by atoms with E-state index in [-0.39, 0.29) is 11.2 Å². The molecule has 0 saturated heterocycles. The molecule has 1 aromatic heterocycles. The number of halogens is 3. The Bertz CT molecular complexity index is 1180. The molecule has 0 amide bonds. The largest absolute Gasteiger partial charge is 0.573 e. The molecule has 1 fully saturated rings. The summed E-state index contributed by atoms with van der Waals surface area (Å²) in [5.41, 5.74) is 3.04. The van der Waals surface area contributed by atoms with E-state index in [2.05, 4.69) is 41.5 Å². The first-order chi connectivity index (χ1) is 15.5. The average Bonchev–Trinajstić information content (AvgIpc) is 3.03. The Labute approximate surface area is 191 Å². The zero-order chi connectivity index (χ0) is 23.8. The molecule has 1 aliphatic rings. The van der Waals surface area contributed by atoms with Gasteiger partial charge in [-0.05, 0) is 79.0 Å². The lowest BCUT2D eigenvalue weighted by molar-refractivity contribution is -0.274. The number of ether oxygens (including phenoxy) is 1. The summed E-state index contributed by atoms with van der Waals surface area (Å²) in [4.78, 5) is 4.72. The van der Waals surface area contributed by atoms with Gasteiger partial charge in [0.15, 0.2) is 0 Å². The summed E-state index contributed by atoms with van der Waals surface area (Å²) in [7, 11) is 0. The van der Waals surface area contributed by atoms with Gasteiger partial charge < -0.3 is 14.6 Å². The van der Waals surface area contributed by atoms with Crippen LogP contribution in [0.2, 0.25) is 0 Å². The minimum Gasteiger partial charge on any atom is -0.406 e. The fraction of sp³-hybridized carbons (Fsp3) is 0.440. The lowest BCUT2D eigenvalue weighted by atomic mass is 9.68. The third-order valence-electron chi connectivity index (χ3n) is 6.14. The van der Waals surface area contributed by atoms with E-state index >= 15 is 0 Å². The van der Waals surface area contributed by atoms with Crippen LogP contribution in [0.3, 0.4) is 0 Å². The van der Waals surface area contributed by atoms with Gasteiger partial charge in [-0.2, -0.15) is 5.26 Å². The molecule has 3 aromatic rings. The minimum absolute atomic E-state index is 0.262. The van der Waals surface area contributed by atoms with Crippen molar-refractivity contribution in [3.05, 3.63) is 48.0 Å². The summed E-state index contributed by atoms with van der Waals surface area (Å²) in [5, 5.41) is 12.6. The van der Waals surface area contributed by atoms with Crippen molar-refractivity contribution in [2.75, 3.05) is 5.32 Å². The number of hydrogen-bond acceptors (Lipinski definition) is 4. The van der Waals surface area contributed by atoms with Crippen LogP contribution in [0, 0.1) is 28.6 Å². The van der Waals surface area contributed by atoms with Crippen LogP contribution < -0.4 is 10.1 Å². The Balaban J connectivity index is 1.65. The number of rotatable bonds is 5. The Morgan fingerprint density at radius 3 is 2.55 bits per heavy atom. The van der Waals surface area contributed by atoms with Crippen molar-refractivity contribution >= 4 is 22.7 Å². The van der Waals surface area contributed by atoms with E-state index < -0.39 is 6.36 Å². The smallest absolute Gasteiger partial charge is 0.406 e. The molecule has 0 bridgehead atoms. The van der Waals surface area contributed by atoms with Crippen molar-refractivity contribution in [1.29, 1.82) is 5.26 Å². The van der Waals surface area contributed by atoms with Gasteiger partial charge in [0.2, 0.25) is 5.95 Å². The van der Waals surface area contributed by atoms with E-state index in [4.69, 9.17) is 4.98 Å². The van der Waals surface area contributed by atoms with Crippen LogP contribution in [-0.2, 0) is 6.54 Å². The molecule has 0 radical (unpaired) electrons. The number of nitrogens with one attached hydrogen (secondary N) is 1. The van der Waals surface area contributed by atoms with Crippen LogP contribution in [-0.4, -0.2) is 15.9 Å². The summed E-state index contributed by atoms with van der Waals surface area (Å²) in [6, 6.07) is 13.2. The minimum atomic E-state index is -4.73. The molecule has 5 nitrogen and oxygen atoms in total. The molecule has 1 unspecified atom stereocenters. The topological polar surface area (TPSA) is 62.9 Å². The number of hydrogen-bond donors (Lipinski definition) is 1. The molecule has 0 aliphatic heterocycles. The monoisotopic (exact) mass is 456 g/mol. The van der Waals surface area contributed by atoms with Crippen molar-refractivity contribution in [1.82, 2.24) is 9.55 Å².